The Morgan fingerprint density at radius 1 is 1.60 bits per heavy atom. The highest BCUT2D eigenvalue weighted by molar-refractivity contribution is 6.32. The van der Waals surface area contributed by atoms with Crippen LogP contribution in [0.15, 0.2) is 12.1 Å². The number of hydrogen-bond donors (Lipinski definition) is 1. The number of hydrogen-bond acceptors (Lipinski definition) is 2. The van der Waals surface area contributed by atoms with E-state index in [0.29, 0.717) is 11.4 Å². The molecule has 1 aromatic carbocycles. The molecule has 0 saturated heterocycles. The average molecular weight is 221 g/mol. The molecule has 0 spiro atoms. The maximum atomic E-state index is 11.5. The molecule has 0 aliphatic carbocycles. The van der Waals surface area contributed by atoms with Gasteiger partial charge in [-0.15, -0.1) is 0 Å². The molecule has 0 radical (unpaired) electrons. The van der Waals surface area contributed by atoms with E-state index >= 15 is 0 Å². The summed E-state index contributed by atoms with van der Waals surface area (Å²) in [6.07, 6.45) is 0.401. The number of amides is 1. The van der Waals surface area contributed by atoms with Crippen LogP contribution >= 0.6 is 11.6 Å². The highest BCUT2D eigenvalue weighted by Crippen LogP contribution is 2.33. The third-order valence-corrected chi connectivity index (χ3v) is 2.95. The molecule has 1 aliphatic heterocycles. The van der Waals surface area contributed by atoms with Gasteiger partial charge in [-0.3, -0.25) is 4.79 Å². The van der Waals surface area contributed by atoms with Crippen molar-refractivity contribution in [1.29, 1.82) is 5.26 Å². The molecule has 1 amide bonds. The lowest BCUT2D eigenvalue weighted by Gasteiger charge is -2.22. The van der Waals surface area contributed by atoms with E-state index in [2.05, 4.69) is 5.32 Å². The predicted octanol–water partition coefficient (Wildman–Crippen LogP) is 2.28. The van der Waals surface area contributed by atoms with E-state index in [-0.39, 0.29) is 5.91 Å². The number of carbonyl (C=O) groups is 1. The highest BCUT2D eigenvalue weighted by Gasteiger charge is 2.28. The molecule has 4 heteroatoms. The van der Waals surface area contributed by atoms with Crippen LogP contribution in [0.4, 0.5) is 5.69 Å². The lowest BCUT2D eigenvalue weighted by molar-refractivity contribution is -0.118. The van der Waals surface area contributed by atoms with Crippen molar-refractivity contribution < 1.29 is 4.79 Å². The minimum Gasteiger partial charge on any atom is -0.324 e. The molecule has 1 aromatic rings. The number of nitrogens with one attached hydrogen (secondary N) is 1. The van der Waals surface area contributed by atoms with E-state index in [1.54, 1.807) is 6.07 Å². The molecule has 1 N–H and O–H groups in total. The molecule has 0 saturated carbocycles. The van der Waals surface area contributed by atoms with Crippen molar-refractivity contribution in [3.05, 3.63) is 28.3 Å². The number of anilines is 1. The Bertz CT molecular complexity index is 476. The van der Waals surface area contributed by atoms with Gasteiger partial charge >= 0.3 is 0 Å². The Morgan fingerprint density at radius 3 is 3.00 bits per heavy atom. The van der Waals surface area contributed by atoms with E-state index in [1.165, 1.54) is 0 Å². The topological polar surface area (TPSA) is 52.9 Å². The van der Waals surface area contributed by atoms with Crippen LogP contribution in [0.2, 0.25) is 5.02 Å². The van der Waals surface area contributed by atoms with Crippen molar-refractivity contribution in [3.8, 4) is 6.07 Å². The molecule has 0 fully saturated rings. The third-order valence-electron chi connectivity index (χ3n) is 2.59. The molecule has 3 nitrogen and oxygen atoms in total. The van der Waals surface area contributed by atoms with Gasteiger partial charge in [-0.05, 0) is 24.1 Å². The molecule has 1 heterocycles. The molecular formula is C11H9ClN2O. The van der Waals surface area contributed by atoms with Crippen LogP contribution in [0, 0.1) is 24.2 Å². The lowest BCUT2D eigenvalue weighted by Crippen LogP contribution is -2.29. The number of nitrogens with zero attached hydrogens (tertiary/aromatic N) is 1. The summed E-state index contributed by atoms with van der Waals surface area (Å²) in [6, 6.07) is 5.62. The van der Waals surface area contributed by atoms with E-state index in [4.69, 9.17) is 16.9 Å². The summed E-state index contributed by atoms with van der Waals surface area (Å²) < 4.78 is 0. The number of aryl methyl sites for hydroxylation is 1. The number of halogens is 1. The fourth-order valence-electron chi connectivity index (χ4n) is 1.72. The number of rotatable bonds is 0. The summed E-state index contributed by atoms with van der Waals surface area (Å²) in [6.45, 7) is 1.90. The number of benzene rings is 1. The number of fused-ring (bicyclic) bond motifs is 1. The molecule has 2 rings (SSSR count). The summed E-state index contributed by atoms with van der Waals surface area (Å²) in [5.41, 5.74) is 2.60. The molecule has 0 aromatic heterocycles. The first-order valence-electron chi connectivity index (χ1n) is 4.62. The van der Waals surface area contributed by atoms with E-state index in [1.807, 2.05) is 19.1 Å². The van der Waals surface area contributed by atoms with Gasteiger partial charge in [0.1, 0.15) is 5.92 Å². The summed E-state index contributed by atoms with van der Waals surface area (Å²) in [5.74, 6) is -0.868. The summed E-state index contributed by atoms with van der Waals surface area (Å²) >= 11 is 6.02. The number of carbonyl (C=O) groups excluding carboxylic acids is 1. The van der Waals surface area contributed by atoms with E-state index < -0.39 is 5.92 Å². The number of nitriles is 1. The summed E-state index contributed by atoms with van der Waals surface area (Å²) in [4.78, 5) is 11.5. The molecular weight excluding hydrogens is 212 g/mol. The zero-order chi connectivity index (χ0) is 11.0. The van der Waals surface area contributed by atoms with E-state index in [0.717, 1.165) is 16.8 Å². The summed E-state index contributed by atoms with van der Waals surface area (Å²) in [7, 11) is 0. The van der Waals surface area contributed by atoms with Gasteiger partial charge in [-0.2, -0.15) is 5.26 Å². The van der Waals surface area contributed by atoms with Gasteiger partial charge < -0.3 is 5.32 Å². The quantitative estimate of drug-likeness (QED) is 0.729. The monoisotopic (exact) mass is 220 g/mol. The van der Waals surface area contributed by atoms with Crippen LogP contribution in [-0.2, 0) is 11.2 Å². The minimum absolute atomic E-state index is 0.240. The van der Waals surface area contributed by atoms with Crippen molar-refractivity contribution in [2.24, 2.45) is 5.92 Å². The van der Waals surface area contributed by atoms with Crippen molar-refractivity contribution in [1.82, 2.24) is 0 Å². The molecule has 0 bridgehead atoms. The Kier molecular flexibility index (Phi) is 2.37. The smallest absolute Gasteiger partial charge is 0.242 e. The Balaban J connectivity index is 2.54. The average Bonchev–Trinajstić information content (AvgIpc) is 2.23. The molecule has 1 unspecified atom stereocenters. The maximum absolute atomic E-state index is 11.5. The highest BCUT2D eigenvalue weighted by atomic mass is 35.5. The van der Waals surface area contributed by atoms with Gasteiger partial charge in [0.2, 0.25) is 5.91 Å². The zero-order valence-corrected chi connectivity index (χ0v) is 8.93. The van der Waals surface area contributed by atoms with Crippen LogP contribution in [0.25, 0.3) is 0 Å². The molecule has 15 heavy (non-hydrogen) atoms. The Labute approximate surface area is 92.7 Å². The molecule has 1 aliphatic rings. The van der Waals surface area contributed by atoms with Crippen molar-refractivity contribution in [2.75, 3.05) is 5.32 Å². The van der Waals surface area contributed by atoms with Gasteiger partial charge in [0.25, 0.3) is 0 Å². The largest absolute Gasteiger partial charge is 0.324 e. The standard InChI is InChI=1S/C11H9ClN2O/c1-6-2-3-9(12)8-4-7(5-13)11(15)14-10(6)8/h2-3,7H,4H2,1H3,(H,14,15). The van der Waals surface area contributed by atoms with Crippen LogP contribution in [-0.4, -0.2) is 5.91 Å². The van der Waals surface area contributed by atoms with Gasteiger partial charge in [-0.1, -0.05) is 17.7 Å². The second-order valence-electron chi connectivity index (χ2n) is 3.59. The van der Waals surface area contributed by atoms with Crippen molar-refractivity contribution >= 4 is 23.2 Å². The van der Waals surface area contributed by atoms with Crippen LogP contribution < -0.4 is 5.32 Å². The first-order chi connectivity index (χ1) is 7.13. The zero-order valence-electron chi connectivity index (χ0n) is 8.17. The fourth-order valence-corrected chi connectivity index (χ4v) is 1.96. The van der Waals surface area contributed by atoms with Gasteiger partial charge in [0, 0.05) is 17.1 Å². The first-order valence-corrected chi connectivity index (χ1v) is 4.99. The van der Waals surface area contributed by atoms with Crippen LogP contribution in [0.3, 0.4) is 0 Å². The van der Waals surface area contributed by atoms with Gasteiger partial charge in [-0.25, -0.2) is 0 Å². The Morgan fingerprint density at radius 2 is 2.33 bits per heavy atom. The maximum Gasteiger partial charge on any atom is 0.242 e. The summed E-state index contributed by atoms with van der Waals surface area (Å²) in [5, 5.41) is 12.1. The SMILES string of the molecule is Cc1ccc(Cl)c2c1NC(=O)C(C#N)C2. The van der Waals surface area contributed by atoms with E-state index in [9.17, 15) is 4.79 Å². The second-order valence-corrected chi connectivity index (χ2v) is 4.00. The lowest BCUT2D eigenvalue weighted by atomic mass is 9.92. The normalized spacial score (nSPS) is 19.0. The second kappa shape index (κ2) is 3.56. The van der Waals surface area contributed by atoms with Gasteiger partial charge in [0.05, 0.1) is 6.07 Å². The minimum atomic E-state index is -0.628. The van der Waals surface area contributed by atoms with Crippen molar-refractivity contribution in [2.45, 2.75) is 13.3 Å². The van der Waals surface area contributed by atoms with Crippen LogP contribution in [0.5, 0.6) is 0 Å². The van der Waals surface area contributed by atoms with Crippen LogP contribution in [0.1, 0.15) is 11.1 Å². The third kappa shape index (κ3) is 1.57. The first kappa shape index (κ1) is 10.0. The predicted molar refractivity (Wildman–Crippen MR) is 57.6 cm³/mol. The fraction of sp³-hybridized carbons (Fsp3) is 0.273. The Hall–Kier alpha value is -1.53. The molecule has 1 atom stereocenters. The molecule has 76 valence electrons. The van der Waals surface area contributed by atoms with Gasteiger partial charge in [0.15, 0.2) is 0 Å². The van der Waals surface area contributed by atoms with Crippen molar-refractivity contribution in [3.63, 3.8) is 0 Å².